The molecule has 1 atom stereocenters. The van der Waals surface area contributed by atoms with Crippen LogP contribution in [0.3, 0.4) is 0 Å². The molecule has 0 saturated carbocycles. The van der Waals surface area contributed by atoms with Crippen LogP contribution < -0.4 is 5.32 Å². The van der Waals surface area contributed by atoms with Gasteiger partial charge in [-0.15, -0.1) is 11.3 Å². The molecule has 0 aliphatic carbocycles. The van der Waals surface area contributed by atoms with Crippen molar-refractivity contribution in [1.82, 2.24) is 24.6 Å². The van der Waals surface area contributed by atoms with Crippen LogP contribution in [0.15, 0.2) is 60.4 Å². The smallest absolute Gasteiger partial charge is 0.268 e. The third-order valence-corrected chi connectivity index (χ3v) is 7.51. The Hall–Kier alpha value is -4.23. The third-order valence-electron chi connectivity index (χ3n) is 6.37. The molecule has 5 rings (SSSR count). The minimum atomic E-state index is -0.248. The number of fused-ring (bicyclic) bond motifs is 1. The van der Waals surface area contributed by atoms with Crippen LogP contribution in [0.4, 0.5) is 5.95 Å². The molecule has 3 aromatic heterocycles. The van der Waals surface area contributed by atoms with Gasteiger partial charge in [0.05, 0.1) is 28.1 Å². The van der Waals surface area contributed by atoms with E-state index in [0.29, 0.717) is 23.9 Å². The number of H-pyrrole nitrogens is 1. The maximum absolute atomic E-state index is 13.2. The summed E-state index contributed by atoms with van der Waals surface area (Å²) in [5.41, 5.74) is 2.74. The number of para-hydroxylation sites is 2. The van der Waals surface area contributed by atoms with Gasteiger partial charge >= 0.3 is 0 Å². The van der Waals surface area contributed by atoms with Crippen molar-refractivity contribution < 1.29 is 9.59 Å². The minimum absolute atomic E-state index is 0.102. The number of aromatic nitrogens is 4. The highest BCUT2D eigenvalue weighted by Crippen LogP contribution is 2.29. The number of thiophene rings is 1. The van der Waals surface area contributed by atoms with E-state index in [0.717, 1.165) is 34.3 Å². The monoisotopic (exact) mass is 513 g/mol. The van der Waals surface area contributed by atoms with Crippen molar-refractivity contribution in [3.8, 4) is 16.5 Å². The first-order chi connectivity index (χ1) is 17.9. The van der Waals surface area contributed by atoms with Crippen molar-refractivity contribution in [1.29, 1.82) is 5.26 Å². The second kappa shape index (κ2) is 10.4. The van der Waals surface area contributed by atoms with E-state index in [9.17, 15) is 14.9 Å². The predicted octanol–water partition coefficient (Wildman–Crippen LogP) is 4.84. The summed E-state index contributed by atoms with van der Waals surface area (Å²) in [7, 11) is 0. The SMILES string of the molecule is CC(C)C=C(C#N)C(=O)N1CCC[C@@H]1Cn1c(NC(=O)c2ccc(-c3cn[nH]c3)s2)nc2ccccc21. The number of anilines is 1. The largest absolute Gasteiger partial charge is 0.333 e. The van der Waals surface area contributed by atoms with Gasteiger partial charge in [-0.2, -0.15) is 10.4 Å². The molecule has 0 bridgehead atoms. The number of hydrogen-bond acceptors (Lipinski definition) is 6. The van der Waals surface area contributed by atoms with Gasteiger partial charge in [0.25, 0.3) is 11.8 Å². The molecule has 1 fully saturated rings. The van der Waals surface area contributed by atoms with Crippen LogP contribution in [0.2, 0.25) is 0 Å². The lowest BCUT2D eigenvalue weighted by molar-refractivity contribution is -0.127. The van der Waals surface area contributed by atoms with Crippen LogP contribution in [0, 0.1) is 17.2 Å². The van der Waals surface area contributed by atoms with Gasteiger partial charge in [0, 0.05) is 29.7 Å². The molecule has 1 saturated heterocycles. The molecule has 4 aromatic rings. The lowest BCUT2D eigenvalue weighted by atomic mass is 10.1. The number of nitriles is 1. The first-order valence-electron chi connectivity index (χ1n) is 12.2. The maximum atomic E-state index is 13.2. The third kappa shape index (κ3) is 5.04. The number of aromatic amines is 1. The molecule has 2 N–H and O–H groups in total. The van der Waals surface area contributed by atoms with Crippen molar-refractivity contribution >= 4 is 40.1 Å². The summed E-state index contributed by atoms with van der Waals surface area (Å²) < 4.78 is 1.96. The van der Waals surface area contributed by atoms with Crippen molar-refractivity contribution in [2.45, 2.75) is 39.3 Å². The Bertz CT molecular complexity index is 1510. The summed E-state index contributed by atoms with van der Waals surface area (Å²) in [5.74, 6) is 0.0497. The van der Waals surface area contributed by atoms with E-state index in [-0.39, 0.29) is 29.3 Å². The number of allylic oxidation sites excluding steroid dienone is 1. The van der Waals surface area contributed by atoms with E-state index >= 15 is 0 Å². The standard InChI is InChI=1S/C27H27N7O2S/c1-17(2)12-18(13-28)26(36)33-11-5-6-20(33)16-34-22-8-4-3-7-21(22)31-27(34)32-25(35)24-10-9-23(37-24)19-14-29-30-15-19/h3-4,7-10,12,14-15,17,20H,5-6,11,16H2,1-2H3,(H,29,30)(H,31,32,35)/t20-/m1/s1. The van der Waals surface area contributed by atoms with Crippen LogP contribution in [0.5, 0.6) is 0 Å². The Balaban J connectivity index is 1.41. The Morgan fingerprint density at radius 3 is 2.89 bits per heavy atom. The lowest BCUT2D eigenvalue weighted by Gasteiger charge is -2.26. The second-order valence-corrected chi connectivity index (χ2v) is 10.5. The van der Waals surface area contributed by atoms with E-state index in [4.69, 9.17) is 4.98 Å². The van der Waals surface area contributed by atoms with E-state index in [1.807, 2.05) is 48.7 Å². The van der Waals surface area contributed by atoms with Gasteiger partial charge in [-0.25, -0.2) is 4.98 Å². The van der Waals surface area contributed by atoms with Crippen molar-refractivity contribution in [3.05, 3.63) is 65.3 Å². The molecular weight excluding hydrogens is 486 g/mol. The van der Waals surface area contributed by atoms with Gasteiger partial charge in [-0.05, 0) is 43.0 Å². The van der Waals surface area contributed by atoms with Crippen LogP contribution in [0.25, 0.3) is 21.5 Å². The number of imidazole rings is 1. The fraction of sp³-hybridized carbons (Fsp3) is 0.296. The zero-order valence-electron chi connectivity index (χ0n) is 20.6. The molecule has 0 radical (unpaired) electrons. The molecule has 37 heavy (non-hydrogen) atoms. The first kappa shape index (κ1) is 24.5. The summed E-state index contributed by atoms with van der Waals surface area (Å²) in [6.07, 6.45) is 6.89. The molecule has 1 aliphatic rings. The van der Waals surface area contributed by atoms with Crippen LogP contribution in [0.1, 0.15) is 36.4 Å². The number of rotatable bonds is 7. The molecular formula is C27H27N7O2S. The number of nitrogens with zero attached hydrogens (tertiary/aromatic N) is 5. The van der Waals surface area contributed by atoms with Crippen molar-refractivity contribution in [2.24, 2.45) is 5.92 Å². The Labute approximate surface area is 218 Å². The average molecular weight is 514 g/mol. The van der Waals surface area contributed by atoms with Gasteiger partial charge in [0.2, 0.25) is 5.95 Å². The molecule has 9 nitrogen and oxygen atoms in total. The van der Waals surface area contributed by atoms with Gasteiger partial charge in [-0.1, -0.05) is 32.1 Å². The number of benzene rings is 1. The molecule has 0 unspecified atom stereocenters. The van der Waals surface area contributed by atoms with Gasteiger partial charge < -0.3 is 9.47 Å². The van der Waals surface area contributed by atoms with Gasteiger partial charge in [0.1, 0.15) is 11.6 Å². The highest BCUT2D eigenvalue weighted by Gasteiger charge is 2.32. The number of hydrogen-bond donors (Lipinski definition) is 2. The van der Waals surface area contributed by atoms with Crippen molar-refractivity contribution in [3.63, 3.8) is 0 Å². The van der Waals surface area contributed by atoms with Gasteiger partial charge in [0.15, 0.2) is 0 Å². The number of carbonyl (C=O) groups is 2. The predicted molar refractivity (Wildman–Crippen MR) is 143 cm³/mol. The number of amides is 2. The second-order valence-electron chi connectivity index (χ2n) is 9.37. The van der Waals surface area contributed by atoms with Crippen molar-refractivity contribution in [2.75, 3.05) is 11.9 Å². The van der Waals surface area contributed by atoms with E-state index in [1.165, 1.54) is 11.3 Å². The van der Waals surface area contributed by atoms with E-state index < -0.39 is 0 Å². The van der Waals surface area contributed by atoms with E-state index in [1.54, 1.807) is 29.4 Å². The topological polar surface area (TPSA) is 120 Å². The molecule has 4 heterocycles. The van der Waals surface area contributed by atoms with Crippen LogP contribution in [-0.2, 0) is 11.3 Å². The molecule has 10 heteroatoms. The summed E-state index contributed by atoms with van der Waals surface area (Å²) in [4.78, 5) is 34.4. The number of likely N-dealkylation sites (tertiary alicyclic amines) is 1. The Kier molecular flexibility index (Phi) is 6.88. The molecule has 0 spiro atoms. The van der Waals surface area contributed by atoms with E-state index in [2.05, 4.69) is 21.6 Å². The molecule has 1 aromatic carbocycles. The molecule has 1 aliphatic heterocycles. The Morgan fingerprint density at radius 2 is 2.14 bits per heavy atom. The van der Waals surface area contributed by atoms with Crippen LogP contribution in [-0.4, -0.2) is 49.0 Å². The Morgan fingerprint density at radius 1 is 1.30 bits per heavy atom. The summed E-state index contributed by atoms with van der Waals surface area (Å²) >= 11 is 1.38. The highest BCUT2D eigenvalue weighted by atomic mass is 32.1. The zero-order valence-corrected chi connectivity index (χ0v) is 21.5. The lowest BCUT2D eigenvalue weighted by Crippen LogP contribution is -2.39. The highest BCUT2D eigenvalue weighted by molar-refractivity contribution is 7.17. The fourth-order valence-corrected chi connectivity index (χ4v) is 5.55. The number of carbonyl (C=O) groups excluding carboxylic acids is 2. The summed E-state index contributed by atoms with van der Waals surface area (Å²) in [6, 6.07) is 13.3. The zero-order chi connectivity index (χ0) is 25.9. The summed E-state index contributed by atoms with van der Waals surface area (Å²) in [6.45, 7) is 4.96. The average Bonchev–Trinajstić information content (AvgIpc) is 3.69. The maximum Gasteiger partial charge on any atom is 0.268 e. The molecule has 2 amide bonds. The van der Waals surface area contributed by atoms with Gasteiger partial charge in [-0.3, -0.25) is 20.0 Å². The molecule has 188 valence electrons. The van der Waals surface area contributed by atoms with Crippen LogP contribution >= 0.6 is 11.3 Å². The normalized spacial score (nSPS) is 15.9. The fourth-order valence-electron chi connectivity index (χ4n) is 4.67. The summed E-state index contributed by atoms with van der Waals surface area (Å²) in [5, 5.41) is 19.3. The first-order valence-corrected chi connectivity index (χ1v) is 13.0. The quantitative estimate of drug-likeness (QED) is 0.271. The number of nitrogens with one attached hydrogen (secondary N) is 2. The minimum Gasteiger partial charge on any atom is -0.333 e.